The third-order valence-electron chi connectivity index (χ3n) is 3.17. The molecule has 118 valence electrons. The Morgan fingerprint density at radius 2 is 1.86 bits per heavy atom. The van der Waals surface area contributed by atoms with Gasteiger partial charge in [-0.25, -0.2) is 13.6 Å². The Morgan fingerprint density at radius 1 is 1.29 bits per heavy atom. The van der Waals surface area contributed by atoms with Gasteiger partial charge < -0.3 is 5.32 Å². The molecule has 0 aromatic heterocycles. The third-order valence-corrected chi connectivity index (χ3v) is 4.41. The molecule has 0 fully saturated rings. The Balaban J connectivity index is 2.98. The Morgan fingerprint density at radius 3 is 2.33 bits per heavy atom. The van der Waals surface area contributed by atoms with Crippen LogP contribution in [0.25, 0.3) is 0 Å². The van der Waals surface area contributed by atoms with Crippen LogP contribution >= 0.6 is 11.6 Å². The molecule has 5 nitrogen and oxygen atoms in total. The number of nitrogens with two attached hydrogens (primary N) is 1. The SMILES string of the molecule is CCCC(CCC)C(=O)Nc1cc(S(N)(=O)=O)ccc1Cl. The van der Waals surface area contributed by atoms with Crippen LogP contribution in [0, 0.1) is 5.92 Å². The second-order valence-electron chi connectivity index (χ2n) is 4.95. The van der Waals surface area contributed by atoms with Gasteiger partial charge in [0, 0.05) is 5.92 Å². The number of benzene rings is 1. The number of hydrogen-bond acceptors (Lipinski definition) is 3. The minimum absolute atomic E-state index is 0.0790. The van der Waals surface area contributed by atoms with Gasteiger partial charge in [-0.05, 0) is 31.0 Å². The van der Waals surface area contributed by atoms with Crippen molar-refractivity contribution in [2.24, 2.45) is 11.1 Å². The van der Waals surface area contributed by atoms with E-state index < -0.39 is 10.0 Å². The minimum Gasteiger partial charge on any atom is -0.324 e. The maximum atomic E-state index is 12.3. The average Bonchev–Trinajstić information content (AvgIpc) is 2.39. The lowest BCUT2D eigenvalue weighted by Crippen LogP contribution is -2.23. The van der Waals surface area contributed by atoms with Gasteiger partial charge >= 0.3 is 0 Å². The van der Waals surface area contributed by atoms with E-state index in [1.165, 1.54) is 18.2 Å². The van der Waals surface area contributed by atoms with Crippen molar-refractivity contribution in [3.05, 3.63) is 23.2 Å². The molecule has 0 radical (unpaired) electrons. The quantitative estimate of drug-likeness (QED) is 0.803. The standard InChI is InChI=1S/C14H21ClN2O3S/c1-3-5-10(6-4-2)14(18)17-13-9-11(21(16,19)20)7-8-12(13)15/h7-10H,3-6H2,1-2H3,(H,17,18)(H2,16,19,20). The molecule has 1 aromatic rings. The number of carbonyl (C=O) groups excluding carboxylic acids is 1. The molecule has 0 saturated carbocycles. The Kier molecular flexibility index (Phi) is 6.64. The molecule has 0 unspecified atom stereocenters. The predicted octanol–water partition coefficient (Wildman–Crippen LogP) is 3.14. The number of anilines is 1. The van der Waals surface area contributed by atoms with Crippen LogP contribution in [0.5, 0.6) is 0 Å². The van der Waals surface area contributed by atoms with Crippen molar-refractivity contribution in [3.8, 4) is 0 Å². The van der Waals surface area contributed by atoms with Crippen molar-refractivity contribution in [3.63, 3.8) is 0 Å². The molecule has 0 atom stereocenters. The molecular formula is C14H21ClN2O3S. The van der Waals surface area contributed by atoms with Gasteiger partial charge in [-0.3, -0.25) is 4.79 Å². The van der Waals surface area contributed by atoms with Crippen LogP contribution in [0.15, 0.2) is 23.1 Å². The summed E-state index contributed by atoms with van der Waals surface area (Å²) in [7, 11) is -3.83. The molecule has 1 rings (SSSR count). The molecular weight excluding hydrogens is 312 g/mol. The first-order valence-electron chi connectivity index (χ1n) is 6.92. The van der Waals surface area contributed by atoms with Gasteiger partial charge in [0.05, 0.1) is 15.6 Å². The fraction of sp³-hybridized carbons (Fsp3) is 0.500. The zero-order valence-electron chi connectivity index (χ0n) is 12.2. The summed E-state index contributed by atoms with van der Waals surface area (Å²) in [4.78, 5) is 12.2. The van der Waals surface area contributed by atoms with Crippen LogP contribution in [-0.2, 0) is 14.8 Å². The summed E-state index contributed by atoms with van der Waals surface area (Å²) in [6.07, 6.45) is 3.38. The molecule has 0 saturated heterocycles. The lowest BCUT2D eigenvalue weighted by molar-refractivity contribution is -0.120. The van der Waals surface area contributed by atoms with E-state index in [1.807, 2.05) is 13.8 Å². The highest BCUT2D eigenvalue weighted by Crippen LogP contribution is 2.26. The first kappa shape index (κ1) is 17.9. The van der Waals surface area contributed by atoms with Gasteiger partial charge in [-0.15, -0.1) is 0 Å². The van der Waals surface area contributed by atoms with Gasteiger partial charge in [0.25, 0.3) is 0 Å². The summed E-state index contributed by atoms with van der Waals surface area (Å²) in [5, 5.41) is 8.06. The molecule has 0 heterocycles. The van der Waals surface area contributed by atoms with Crippen LogP contribution < -0.4 is 10.5 Å². The molecule has 0 spiro atoms. The topological polar surface area (TPSA) is 89.3 Å². The normalized spacial score (nSPS) is 11.7. The Bertz CT molecular complexity index is 596. The molecule has 0 aliphatic heterocycles. The minimum atomic E-state index is -3.83. The fourth-order valence-corrected chi connectivity index (χ4v) is 2.82. The van der Waals surface area contributed by atoms with Crippen LogP contribution in [0.4, 0.5) is 5.69 Å². The number of nitrogens with one attached hydrogen (secondary N) is 1. The number of halogens is 1. The van der Waals surface area contributed by atoms with Crippen molar-refractivity contribution in [1.29, 1.82) is 0 Å². The second-order valence-corrected chi connectivity index (χ2v) is 6.92. The van der Waals surface area contributed by atoms with Gasteiger partial charge in [0.1, 0.15) is 0 Å². The zero-order chi connectivity index (χ0) is 16.0. The molecule has 0 aliphatic carbocycles. The number of hydrogen-bond donors (Lipinski definition) is 2. The molecule has 0 aliphatic rings. The van der Waals surface area contributed by atoms with Crippen molar-refractivity contribution < 1.29 is 13.2 Å². The Hall–Kier alpha value is -1.11. The van der Waals surface area contributed by atoms with Gasteiger partial charge in [-0.1, -0.05) is 38.3 Å². The largest absolute Gasteiger partial charge is 0.324 e. The number of carbonyl (C=O) groups is 1. The van der Waals surface area contributed by atoms with Crippen LogP contribution in [0.2, 0.25) is 5.02 Å². The highest BCUT2D eigenvalue weighted by Gasteiger charge is 2.19. The van der Waals surface area contributed by atoms with E-state index in [0.717, 1.165) is 25.7 Å². The van der Waals surface area contributed by atoms with E-state index in [9.17, 15) is 13.2 Å². The molecule has 7 heteroatoms. The summed E-state index contributed by atoms with van der Waals surface area (Å²) in [5.74, 6) is -0.249. The average molecular weight is 333 g/mol. The van der Waals surface area contributed by atoms with Crippen molar-refractivity contribution in [1.82, 2.24) is 0 Å². The van der Waals surface area contributed by atoms with E-state index in [4.69, 9.17) is 16.7 Å². The molecule has 1 aromatic carbocycles. The summed E-state index contributed by atoms with van der Waals surface area (Å²) in [6, 6.07) is 4.00. The van der Waals surface area contributed by atoms with Crippen molar-refractivity contribution in [2.75, 3.05) is 5.32 Å². The second kappa shape index (κ2) is 7.77. The van der Waals surface area contributed by atoms with Crippen LogP contribution in [0.1, 0.15) is 39.5 Å². The van der Waals surface area contributed by atoms with Gasteiger partial charge in [0.2, 0.25) is 15.9 Å². The number of rotatable bonds is 7. The van der Waals surface area contributed by atoms with Gasteiger partial charge in [-0.2, -0.15) is 0 Å². The maximum Gasteiger partial charge on any atom is 0.238 e. The lowest BCUT2D eigenvalue weighted by Gasteiger charge is -2.16. The number of amides is 1. The first-order chi connectivity index (χ1) is 9.79. The van der Waals surface area contributed by atoms with Crippen molar-refractivity contribution in [2.45, 2.75) is 44.4 Å². The smallest absolute Gasteiger partial charge is 0.238 e. The Labute approximate surface area is 130 Å². The lowest BCUT2D eigenvalue weighted by atomic mass is 9.97. The van der Waals surface area contributed by atoms with E-state index in [-0.39, 0.29) is 27.4 Å². The highest BCUT2D eigenvalue weighted by molar-refractivity contribution is 7.89. The van der Waals surface area contributed by atoms with Crippen molar-refractivity contribution >= 4 is 33.2 Å². The highest BCUT2D eigenvalue weighted by atomic mass is 35.5. The zero-order valence-corrected chi connectivity index (χ0v) is 13.8. The summed E-state index contributed by atoms with van der Waals surface area (Å²) >= 11 is 6.00. The molecule has 21 heavy (non-hydrogen) atoms. The van der Waals surface area contributed by atoms with E-state index in [0.29, 0.717) is 0 Å². The first-order valence-corrected chi connectivity index (χ1v) is 8.85. The summed E-state index contributed by atoms with van der Waals surface area (Å²) < 4.78 is 22.7. The number of sulfonamides is 1. The van der Waals surface area contributed by atoms with Crippen LogP contribution in [0.3, 0.4) is 0 Å². The van der Waals surface area contributed by atoms with E-state index in [1.54, 1.807) is 0 Å². The van der Waals surface area contributed by atoms with E-state index in [2.05, 4.69) is 5.32 Å². The fourth-order valence-electron chi connectivity index (χ4n) is 2.12. The maximum absolute atomic E-state index is 12.3. The van der Waals surface area contributed by atoms with E-state index >= 15 is 0 Å². The van der Waals surface area contributed by atoms with Gasteiger partial charge in [0.15, 0.2) is 0 Å². The predicted molar refractivity (Wildman–Crippen MR) is 84.8 cm³/mol. The number of primary sulfonamides is 1. The molecule has 0 bridgehead atoms. The monoisotopic (exact) mass is 332 g/mol. The molecule has 1 amide bonds. The summed E-state index contributed by atoms with van der Waals surface area (Å²) in [5.41, 5.74) is 0.269. The third kappa shape index (κ3) is 5.30. The summed E-state index contributed by atoms with van der Waals surface area (Å²) in [6.45, 7) is 4.04. The molecule has 3 N–H and O–H groups in total. The van der Waals surface area contributed by atoms with Crippen LogP contribution in [-0.4, -0.2) is 14.3 Å².